The zero-order valence-corrected chi connectivity index (χ0v) is 8.21. The van der Waals surface area contributed by atoms with Gasteiger partial charge in [0.25, 0.3) is 0 Å². The molecule has 0 aliphatic carbocycles. The first-order valence-electron chi connectivity index (χ1n) is 4.43. The molecule has 0 spiro atoms. The third kappa shape index (κ3) is 1.08. The van der Waals surface area contributed by atoms with Crippen molar-refractivity contribution in [1.82, 2.24) is 0 Å². The highest BCUT2D eigenvalue weighted by Gasteiger charge is 1.99. The lowest BCUT2D eigenvalue weighted by molar-refractivity contribution is 0.476. The minimum Gasteiger partial charge on any atom is -0.508 e. The molecule has 0 fully saturated rings. The number of benzene rings is 2. The number of hydrogen-bond acceptors (Lipinski definition) is 2. The first kappa shape index (κ1) is 7.83. The molecule has 2 aromatic carbocycles. The van der Waals surface area contributed by atoms with Gasteiger partial charge in [0.2, 0.25) is 0 Å². The first-order chi connectivity index (χ1) is 6.83. The van der Waals surface area contributed by atoms with Gasteiger partial charge in [0.15, 0.2) is 0 Å². The van der Waals surface area contributed by atoms with E-state index in [1.54, 1.807) is 23.5 Å². The molecule has 0 saturated carbocycles. The van der Waals surface area contributed by atoms with E-state index in [4.69, 9.17) is 0 Å². The molecule has 14 heavy (non-hydrogen) atoms. The SMILES string of the molecule is Oc1ccc2cc3sccc3cc2c1. The largest absolute Gasteiger partial charge is 0.508 e. The Labute approximate surface area is 85.2 Å². The summed E-state index contributed by atoms with van der Waals surface area (Å²) in [5.74, 6) is 0.326. The van der Waals surface area contributed by atoms with Crippen LogP contribution in [0.3, 0.4) is 0 Å². The number of thiophene rings is 1. The van der Waals surface area contributed by atoms with E-state index in [2.05, 4.69) is 23.6 Å². The Balaban J connectivity index is 2.50. The molecule has 3 rings (SSSR count). The number of aromatic hydroxyl groups is 1. The second-order valence-electron chi connectivity index (χ2n) is 3.34. The van der Waals surface area contributed by atoms with E-state index >= 15 is 0 Å². The maximum atomic E-state index is 9.36. The maximum absolute atomic E-state index is 9.36. The van der Waals surface area contributed by atoms with Crippen molar-refractivity contribution >= 4 is 32.2 Å². The average molecular weight is 200 g/mol. The molecule has 2 heteroatoms. The molecule has 1 heterocycles. The van der Waals surface area contributed by atoms with Gasteiger partial charge in [-0.05, 0) is 51.9 Å². The second kappa shape index (κ2) is 2.72. The zero-order valence-electron chi connectivity index (χ0n) is 7.40. The van der Waals surface area contributed by atoms with Crippen molar-refractivity contribution in [2.75, 3.05) is 0 Å². The van der Waals surface area contributed by atoms with Gasteiger partial charge < -0.3 is 5.11 Å². The van der Waals surface area contributed by atoms with Crippen molar-refractivity contribution in [3.8, 4) is 5.75 Å². The topological polar surface area (TPSA) is 20.2 Å². The molecule has 0 atom stereocenters. The number of phenolic OH excluding ortho intramolecular Hbond substituents is 1. The van der Waals surface area contributed by atoms with Crippen LogP contribution in [0.25, 0.3) is 20.9 Å². The molecule has 0 unspecified atom stereocenters. The summed E-state index contributed by atoms with van der Waals surface area (Å²) >= 11 is 1.74. The Morgan fingerprint density at radius 1 is 0.857 bits per heavy atom. The van der Waals surface area contributed by atoms with E-state index in [-0.39, 0.29) is 0 Å². The molecule has 0 aliphatic heterocycles. The van der Waals surface area contributed by atoms with Crippen LogP contribution in [0.4, 0.5) is 0 Å². The fourth-order valence-electron chi connectivity index (χ4n) is 1.69. The number of hydrogen-bond donors (Lipinski definition) is 1. The number of rotatable bonds is 0. The Morgan fingerprint density at radius 3 is 2.71 bits per heavy atom. The number of fused-ring (bicyclic) bond motifs is 2. The van der Waals surface area contributed by atoms with Crippen LogP contribution in [0, 0.1) is 0 Å². The van der Waals surface area contributed by atoms with Gasteiger partial charge in [-0.25, -0.2) is 0 Å². The summed E-state index contributed by atoms with van der Waals surface area (Å²) in [6.45, 7) is 0. The molecular weight excluding hydrogens is 192 g/mol. The molecule has 0 radical (unpaired) electrons. The molecule has 0 bridgehead atoms. The van der Waals surface area contributed by atoms with E-state index in [0.717, 1.165) is 5.39 Å². The molecule has 68 valence electrons. The van der Waals surface area contributed by atoms with Crippen LogP contribution in [0.15, 0.2) is 41.8 Å². The fraction of sp³-hybridized carbons (Fsp3) is 0. The van der Waals surface area contributed by atoms with Crippen LogP contribution in [0.2, 0.25) is 0 Å². The van der Waals surface area contributed by atoms with E-state index in [1.807, 2.05) is 6.07 Å². The van der Waals surface area contributed by atoms with E-state index in [1.165, 1.54) is 15.5 Å². The summed E-state index contributed by atoms with van der Waals surface area (Å²) in [6.07, 6.45) is 0. The van der Waals surface area contributed by atoms with Gasteiger partial charge in [-0.15, -0.1) is 11.3 Å². The molecule has 0 amide bonds. The monoisotopic (exact) mass is 200 g/mol. The molecule has 3 aromatic rings. The zero-order chi connectivity index (χ0) is 9.54. The van der Waals surface area contributed by atoms with Crippen LogP contribution in [-0.2, 0) is 0 Å². The summed E-state index contributed by atoms with van der Waals surface area (Å²) in [4.78, 5) is 0. The summed E-state index contributed by atoms with van der Waals surface area (Å²) in [6, 6.07) is 11.8. The van der Waals surface area contributed by atoms with Crippen LogP contribution in [-0.4, -0.2) is 5.11 Å². The quantitative estimate of drug-likeness (QED) is 0.585. The Kier molecular flexibility index (Phi) is 1.52. The van der Waals surface area contributed by atoms with Gasteiger partial charge in [-0.3, -0.25) is 0 Å². The van der Waals surface area contributed by atoms with E-state index in [0.29, 0.717) is 5.75 Å². The van der Waals surface area contributed by atoms with Crippen molar-refractivity contribution in [1.29, 1.82) is 0 Å². The van der Waals surface area contributed by atoms with Gasteiger partial charge in [0, 0.05) is 4.70 Å². The van der Waals surface area contributed by atoms with Gasteiger partial charge in [0.05, 0.1) is 0 Å². The Hall–Kier alpha value is -1.54. The molecule has 0 saturated heterocycles. The van der Waals surface area contributed by atoms with Crippen LogP contribution >= 0.6 is 11.3 Å². The van der Waals surface area contributed by atoms with Crippen molar-refractivity contribution < 1.29 is 5.11 Å². The molecule has 1 nitrogen and oxygen atoms in total. The van der Waals surface area contributed by atoms with Crippen molar-refractivity contribution in [3.63, 3.8) is 0 Å². The van der Waals surface area contributed by atoms with Gasteiger partial charge >= 0.3 is 0 Å². The lowest BCUT2D eigenvalue weighted by atomic mass is 10.1. The van der Waals surface area contributed by atoms with Crippen LogP contribution in [0.1, 0.15) is 0 Å². The van der Waals surface area contributed by atoms with E-state index < -0.39 is 0 Å². The maximum Gasteiger partial charge on any atom is 0.116 e. The van der Waals surface area contributed by atoms with E-state index in [9.17, 15) is 5.11 Å². The third-order valence-electron chi connectivity index (χ3n) is 2.40. The second-order valence-corrected chi connectivity index (χ2v) is 4.29. The lowest BCUT2D eigenvalue weighted by Gasteiger charge is -1.98. The molecule has 1 aromatic heterocycles. The van der Waals surface area contributed by atoms with Gasteiger partial charge in [-0.2, -0.15) is 0 Å². The lowest BCUT2D eigenvalue weighted by Crippen LogP contribution is -1.71. The van der Waals surface area contributed by atoms with Crippen molar-refractivity contribution in [2.24, 2.45) is 0 Å². The standard InChI is InChI=1S/C12H8OS/c13-11-2-1-8-7-12-9(3-4-14-12)5-10(8)6-11/h1-7,13H. The third-order valence-corrected chi connectivity index (χ3v) is 3.27. The van der Waals surface area contributed by atoms with Gasteiger partial charge in [0.1, 0.15) is 5.75 Å². The van der Waals surface area contributed by atoms with Crippen molar-refractivity contribution in [2.45, 2.75) is 0 Å². The molecule has 0 aliphatic rings. The highest BCUT2D eigenvalue weighted by Crippen LogP contribution is 2.28. The highest BCUT2D eigenvalue weighted by atomic mass is 32.1. The summed E-state index contributed by atoms with van der Waals surface area (Å²) in [5, 5.41) is 15.0. The Morgan fingerprint density at radius 2 is 1.79 bits per heavy atom. The smallest absolute Gasteiger partial charge is 0.116 e. The minimum absolute atomic E-state index is 0.326. The first-order valence-corrected chi connectivity index (χ1v) is 5.31. The summed E-state index contributed by atoms with van der Waals surface area (Å²) in [5.41, 5.74) is 0. The predicted molar refractivity (Wildman–Crippen MR) is 61.0 cm³/mol. The average Bonchev–Trinajstić information content (AvgIpc) is 2.61. The molecule has 1 N–H and O–H groups in total. The fourth-order valence-corrected chi connectivity index (χ4v) is 2.51. The Bertz CT molecular complexity index is 610. The highest BCUT2D eigenvalue weighted by molar-refractivity contribution is 7.17. The predicted octanol–water partition coefficient (Wildman–Crippen LogP) is 3.76. The van der Waals surface area contributed by atoms with Crippen molar-refractivity contribution in [3.05, 3.63) is 41.8 Å². The van der Waals surface area contributed by atoms with Crippen LogP contribution in [0.5, 0.6) is 5.75 Å². The minimum atomic E-state index is 0.326. The summed E-state index contributed by atoms with van der Waals surface area (Å²) in [7, 11) is 0. The number of phenols is 1. The normalized spacial score (nSPS) is 11.1. The molecular formula is C12H8OS. The van der Waals surface area contributed by atoms with Gasteiger partial charge in [-0.1, -0.05) is 6.07 Å². The summed E-state index contributed by atoms with van der Waals surface area (Å²) < 4.78 is 1.29. The van der Waals surface area contributed by atoms with Crippen LogP contribution < -0.4 is 0 Å².